The van der Waals surface area contributed by atoms with Gasteiger partial charge in [0.05, 0.1) is 0 Å². The molecule has 0 radical (unpaired) electrons. The average Bonchev–Trinajstić information content (AvgIpc) is 2.79. The van der Waals surface area contributed by atoms with E-state index in [0.717, 1.165) is 54.3 Å². The van der Waals surface area contributed by atoms with E-state index >= 15 is 0 Å². The van der Waals surface area contributed by atoms with Crippen molar-refractivity contribution in [2.75, 3.05) is 41.3 Å². The minimum absolute atomic E-state index is 0.518. The van der Waals surface area contributed by atoms with Crippen molar-refractivity contribution >= 4 is 46.5 Å². The number of hydrogen-bond donors (Lipinski definition) is 2. The quantitative estimate of drug-likeness (QED) is 0.621. The third-order valence-electron chi connectivity index (χ3n) is 6.08. The molecule has 2 N–H and O–H groups in total. The normalized spacial score (nSPS) is 17.5. The number of halogens is 1. The number of hydrogen-bond acceptors (Lipinski definition) is 5. The van der Waals surface area contributed by atoms with Gasteiger partial charge in [-0.15, -0.1) is 0 Å². The minimum atomic E-state index is 0.518. The van der Waals surface area contributed by atoms with Gasteiger partial charge in [-0.05, 0) is 67.9 Å². The number of rotatable bonds is 5. The molecule has 0 atom stereocenters. The summed E-state index contributed by atoms with van der Waals surface area (Å²) < 4.78 is 0. The first-order valence-electron chi connectivity index (χ1n) is 11.2. The van der Waals surface area contributed by atoms with Gasteiger partial charge in [0.2, 0.25) is 5.95 Å². The third kappa shape index (κ3) is 6.20. The Morgan fingerprint density at radius 1 is 1.00 bits per heavy atom. The molecule has 2 aliphatic heterocycles. The Bertz CT molecular complexity index is 876. The van der Waals surface area contributed by atoms with Crippen LogP contribution in [0.2, 0.25) is 5.02 Å². The molecule has 2 aromatic rings. The summed E-state index contributed by atoms with van der Waals surface area (Å²) in [4.78, 5) is 14.4. The maximum Gasteiger partial charge on any atom is 0.232 e. The fourth-order valence-corrected chi connectivity index (χ4v) is 4.38. The Hall–Kier alpha value is -2.12. The third-order valence-corrected chi connectivity index (χ3v) is 6.58. The maximum absolute atomic E-state index is 5.96. The lowest BCUT2D eigenvalue weighted by Gasteiger charge is -2.33. The Balaban J connectivity index is 1.47. The van der Waals surface area contributed by atoms with E-state index in [-0.39, 0.29) is 0 Å². The van der Waals surface area contributed by atoms with Crippen molar-refractivity contribution in [1.82, 2.24) is 15.3 Å². The van der Waals surface area contributed by atoms with Gasteiger partial charge in [-0.3, -0.25) is 0 Å². The Kier molecular flexibility index (Phi) is 7.45. The fraction of sp³-hybridized carbons (Fsp3) is 0.522. The lowest BCUT2D eigenvalue weighted by Crippen LogP contribution is -2.35. The SMILES string of the molecule is CC1CCN(c2cc(N3CCCCC3)nc(NC(=S)NCc3ccc(Cl)cc3)n2)CC1. The highest BCUT2D eigenvalue weighted by atomic mass is 35.5. The molecule has 6 nitrogen and oxygen atoms in total. The van der Waals surface area contributed by atoms with Gasteiger partial charge >= 0.3 is 0 Å². The van der Waals surface area contributed by atoms with Crippen LogP contribution in [0.3, 0.4) is 0 Å². The van der Waals surface area contributed by atoms with Crippen LogP contribution in [0.15, 0.2) is 30.3 Å². The number of nitrogens with zero attached hydrogens (tertiary/aromatic N) is 4. The van der Waals surface area contributed by atoms with Crippen LogP contribution in [0, 0.1) is 5.92 Å². The van der Waals surface area contributed by atoms with Crippen molar-refractivity contribution in [2.45, 2.75) is 45.6 Å². The van der Waals surface area contributed by atoms with Gasteiger partial charge in [0.1, 0.15) is 11.6 Å². The van der Waals surface area contributed by atoms with E-state index in [0.29, 0.717) is 17.6 Å². The van der Waals surface area contributed by atoms with Gasteiger partial charge in [-0.2, -0.15) is 9.97 Å². The van der Waals surface area contributed by atoms with E-state index in [9.17, 15) is 0 Å². The van der Waals surface area contributed by atoms with E-state index in [4.69, 9.17) is 33.8 Å². The van der Waals surface area contributed by atoms with Crippen LogP contribution >= 0.6 is 23.8 Å². The first-order chi connectivity index (χ1) is 15.1. The lowest BCUT2D eigenvalue weighted by atomic mass is 9.99. The number of benzene rings is 1. The van der Waals surface area contributed by atoms with Crippen LogP contribution in [0.25, 0.3) is 0 Å². The van der Waals surface area contributed by atoms with Crippen molar-refractivity contribution < 1.29 is 0 Å². The van der Waals surface area contributed by atoms with Crippen LogP contribution in [0.1, 0.15) is 44.6 Å². The number of anilines is 3. The van der Waals surface area contributed by atoms with Gasteiger partial charge < -0.3 is 20.4 Å². The van der Waals surface area contributed by atoms with Gasteiger partial charge in [0.25, 0.3) is 0 Å². The van der Waals surface area contributed by atoms with Crippen molar-refractivity contribution in [3.63, 3.8) is 0 Å². The molecule has 0 spiro atoms. The fourth-order valence-electron chi connectivity index (χ4n) is 4.09. The van der Waals surface area contributed by atoms with Crippen molar-refractivity contribution in [2.24, 2.45) is 5.92 Å². The molecule has 0 amide bonds. The van der Waals surface area contributed by atoms with Crippen LogP contribution in [0.5, 0.6) is 0 Å². The van der Waals surface area contributed by atoms with E-state index < -0.39 is 0 Å². The molecular weight excluding hydrogens is 428 g/mol. The molecule has 31 heavy (non-hydrogen) atoms. The van der Waals surface area contributed by atoms with E-state index in [2.05, 4.69) is 33.4 Å². The number of piperidine rings is 2. The lowest BCUT2D eigenvalue weighted by molar-refractivity contribution is 0.436. The summed E-state index contributed by atoms with van der Waals surface area (Å²) >= 11 is 11.5. The molecule has 0 aliphatic carbocycles. The summed E-state index contributed by atoms with van der Waals surface area (Å²) in [6.45, 7) is 7.12. The maximum atomic E-state index is 5.96. The van der Waals surface area contributed by atoms with Crippen LogP contribution in [-0.2, 0) is 6.54 Å². The van der Waals surface area contributed by atoms with Crippen LogP contribution in [0.4, 0.5) is 17.6 Å². The summed E-state index contributed by atoms with van der Waals surface area (Å²) in [6, 6.07) is 9.89. The predicted molar refractivity (Wildman–Crippen MR) is 133 cm³/mol. The molecular formula is C23H31ClN6S. The second kappa shape index (κ2) is 10.5. The number of thiocarbonyl (C=S) groups is 1. The van der Waals surface area contributed by atoms with Crippen molar-refractivity contribution in [3.05, 3.63) is 40.9 Å². The summed E-state index contributed by atoms with van der Waals surface area (Å²) in [7, 11) is 0. The van der Waals surface area contributed by atoms with E-state index in [1.165, 1.54) is 32.1 Å². The van der Waals surface area contributed by atoms with Crippen molar-refractivity contribution in [1.29, 1.82) is 0 Å². The highest BCUT2D eigenvalue weighted by molar-refractivity contribution is 7.80. The Morgan fingerprint density at radius 3 is 2.26 bits per heavy atom. The second-order valence-corrected chi connectivity index (χ2v) is 9.40. The minimum Gasteiger partial charge on any atom is -0.358 e. The van der Waals surface area contributed by atoms with Gasteiger partial charge in [0.15, 0.2) is 5.11 Å². The zero-order chi connectivity index (χ0) is 21.6. The Morgan fingerprint density at radius 2 is 1.61 bits per heavy atom. The first-order valence-corrected chi connectivity index (χ1v) is 12.0. The topological polar surface area (TPSA) is 56.3 Å². The van der Waals surface area contributed by atoms with Crippen LogP contribution < -0.4 is 20.4 Å². The molecule has 2 fully saturated rings. The summed E-state index contributed by atoms with van der Waals surface area (Å²) in [5.74, 6) is 3.32. The standard InChI is InChI=1S/C23H31ClN6S/c1-17-9-13-30(14-10-17)21-15-20(29-11-3-2-4-12-29)26-22(27-21)28-23(31)25-16-18-5-7-19(24)8-6-18/h5-8,15,17H,2-4,9-14,16H2,1H3,(H2,25,26,27,28,31). The molecule has 4 rings (SSSR count). The summed E-state index contributed by atoms with van der Waals surface area (Å²) in [5, 5.41) is 7.70. The highest BCUT2D eigenvalue weighted by Gasteiger charge is 2.21. The zero-order valence-electron chi connectivity index (χ0n) is 18.1. The molecule has 0 bridgehead atoms. The van der Waals surface area contributed by atoms with E-state index in [1.807, 2.05) is 24.3 Å². The average molecular weight is 459 g/mol. The van der Waals surface area contributed by atoms with E-state index in [1.54, 1.807) is 0 Å². The second-order valence-electron chi connectivity index (χ2n) is 8.56. The Labute approximate surface area is 195 Å². The largest absolute Gasteiger partial charge is 0.358 e. The molecule has 2 aliphatic rings. The molecule has 1 aromatic carbocycles. The van der Waals surface area contributed by atoms with Gasteiger partial charge in [-0.25, -0.2) is 0 Å². The first kappa shape index (κ1) is 22.1. The molecule has 1 aromatic heterocycles. The molecule has 0 unspecified atom stereocenters. The molecule has 166 valence electrons. The molecule has 0 saturated carbocycles. The zero-order valence-corrected chi connectivity index (χ0v) is 19.7. The van der Waals surface area contributed by atoms with Crippen molar-refractivity contribution in [3.8, 4) is 0 Å². The summed E-state index contributed by atoms with van der Waals surface area (Å²) in [5.41, 5.74) is 1.11. The molecule has 8 heteroatoms. The number of nitrogens with one attached hydrogen (secondary N) is 2. The van der Waals surface area contributed by atoms with Gasteiger partial charge in [0, 0.05) is 43.8 Å². The monoisotopic (exact) mass is 458 g/mol. The smallest absolute Gasteiger partial charge is 0.232 e. The van der Waals surface area contributed by atoms with Gasteiger partial charge in [-0.1, -0.05) is 30.7 Å². The predicted octanol–water partition coefficient (Wildman–Crippen LogP) is 4.84. The van der Waals surface area contributed by atoms with Crippen LogP contribution in [-0.4, -0.2) is 41.3 Å². The molecule has 3 heterocycles. The highest BCUT2D eigenvalue weighted by Crippen LogP contribution is 2.27. The molecule has 2 saturated heterocycles. The summed E-state index contributed by atoms with van der Waals surface area (Å²) in [6.07, 6.45) is 6.12. The number of aromatic nitrogens is 2.